The Labute approximate surface area is 178 Å². The highest BCUT2D eigenvalue weighted by Crippen LogP contribution is 2.40. The molecular formula is C23H28N2O4S. The van der Waals surface area contributed by atoms with Gasteiger partial charge >= 0.3 is 0 Å². The van der Waals surface area contributed by atoms with E-state index in [1.807, 2.05) is 39.0 Å². The molecule has 2 aromatic carbocycles. The molecule has 30 heavy (non-hydrogen) atoms. The number of sulfonamides is 1. The van der Waals surface area contributed by atoms with Gasteiger partial charge in [0.25, 0.3) is 5.91 Å². The van der Waals surface area contributed by atoms with Gasteiger partial charge in [-0.1, -0.05) is 18.2 Å². The predicted molar refractivity (Wildman–Crippen MR) is 115 cm³/mol. The number of amides is 1. The Balaban J connectivity index is 1.59. The van der Waals surface area contributed by atoms with Crippen molar-refractivity contribution in [3.63, 3.8) is 0 Å². The van der Waals surface area contributed by atoms with E-state index in [9.17, 15) is 13.2 Å². The average Bonchev–Trinajstić information content (AvgIpc) is 3.22. The first-order chi connectivity index (χ1) is 14.2. The zero-order chi connectivity index (χ0) is 21.5. The quantitative estimate of drug-likeness (QED) is 0.803. The minimum atomic E-state index is -3.57. The maximum atomic E-state index is 13.0. The number of carbonyl (C=O) groups is 1. The summed E-state index contributed by atoms with van der Waals surface area (Å²) < 4.78 is 33.3. The molecule has 1 amide bonds. The number of nitrogens with zero attached hydrogens (tertiary/aromatic N) is 1. The molecule has 1 unspecified atom stereocenters. The van der Waals surface area contributed by atoms with Gasteiger partial charge < -0.3 is 10.1 Å². The van der Waals surface area contributed by atoms with Gasteiger partial charge in [-0.15, -0.1) is 0 Å². The fourth-order valence-corrected chi connectivity index (χ4v) is 5.77. The average molecular weight is 429 g/mol. The van der Waals surface area contributed by atoms with E-state index in [-0.39, 0.29) is 16.8 Å². The molecule has 2 aliphatic rings. The van der Waals surface area contributed by atoms with Gasteiger partial charge in [0, 0.05) is 30.6 Å². The van der Waals surface area contributed by atoms with Crippen molar-refractivity contribution >= 4 is 15.9 Å². The van der Waals surface area contributed by atoms with Crippen LogP contribution in [-0.2, 0) is 10.0 Å². The third-order valence-corrected chi connectivity index (χ3v) is 7.63. The Morgan fingerprint density at radius 2 is 1.87 bits per heavy atom. The molecule has 7 heteroatoms. The Morgan fingerprint density at radius 1 is 1.13 bits per heavy atom. The number of nitrogens with one attached hydrogen (secondary N) is 1. The zero-order valence-corrected chi connectivity index (χ0v) is 18.5. The second kappa shape index (κ2) is 7.71. The molecule has 2 heterocycles. The van der Waals surface area contributed by atoms with Crippen LogP contribution in [0.4, 0.5) is 0 Å². The van der Waals surface area contributed by atoms with Crippen LogP contribution in [0.15, 0.2) is 47.4 Å². The molecule has 0 spiro atoms. The van der Waals surface area contributed by atoms with Crippen LogP contribution in [0.1, 0.15) is 60.6 Å². The van der Waals surface area contributed by atoms with Crippen LogP contribution in [0.25, 0.3) is 0 Å². The molecule has 1 N–H and O–H groups in total. The zero-order valence-electron chi connectivity index (χ0n) is 17.6. The Morgan fingerprint density at radius 3 is 2.60 bits per heavy atom. The molecule has 2 aromatic rings. The number of hydrogen-bond acceptors (Lipinski definition) is 4. The Kier molecular flexibility index (Phi) is 5.36. The first-order valence-electron chi connectivity index (χ1n) is 10.4. The number of fused-ring (bicyclic) bond motifs is 1. The third-order valence-electron chi connectivity index (χ3n) is 5.73. The van der Waals surface area contributed by atoms with Crippen LogP contribution in [0.2, 0.25) is 0 Å². The maximum Gasteiger partial charge on any atom is 0.251 e. The highest BCUT2D eigenvalue weighted by Gasteiger charge is 2.35. The summed E-state index contributed by atoms with van der Waals surface area (Å²) in [6, 6.07) is 12.1. The van der Waals surface area contributed by atoms with Gasteiger partial charge in [-0.2, -0.15) is 4.31 Å². The predicted octanol–water partition coefficient (Wildman–Crippen LogP) is 3.81. The van der Waals surface area contributed by atoms with E-state index in [4.69, 9.17) is 4.74 Å². The van der Waals surface area contributed by atoms with Gasteiger partial charge in [0.15, 0.2) is 0 Å². The fourth-order valence-electron chi connectivity index (χ4n) is 4.20. The van der Waals surface area contributed by atoms with Crippen molar-refractivity contribution < 1.29 is 17.9 Å². The molecule has 0 aliphatic carbocycles. The summed E-state index contributed by atoms with van der Waals surface area (Å²) in [5.74, 6) is 0.490. The molecule has 2 aliphatic heterocycles. The second-order valence-electron chi connectivity index (χ2n) is 8.77. The van der Waals surface area contributed by atoms with E-state index in [0.717, 1.165) is 29.7 Å². The van der Waals surface area contributed by atoms with E-state index in [0.29, 0.717) is 25.1 Å². The van der Waals surface area contributed by atoms with Gasteiger partial charge in [-0.25, -0.2) is 8.42 Å². The molecule has 1 saturated heterocycles. The third kappa shape index (κ3) is 4.09. The van der Waals surface area contributed by atoms with Crippen molar-refractivity contribution in [2.75, 3.05) is 13.1 Å². The van der Waals surface area contributed by atoms with Crippen molar-refractivity contribution in [2.24, 2.45) is 0 Å². The van der Waals surface area contributed by atoms with Gasteiger partial charge in [-0.3, -0.25) is 4.79 Å². The maximum absolute atomic E-state index is 13.0. The lowest BCUT2D eigenvalue weighted by atomic mass is 9.89. The Bertz CT molecular complexity index is 1070. The van der Waals surface area contributed by atoms with Gasteiger partial charge in [-0.05, 0) is 63.4 Å². The normalized spacial score (nSPS) is 21.0. The smallest absolute Gasteiger partial charge is 0.251 e. The number of rotatable bonds is 4. The summed E-state index contributed by atoms with van der Waals surface area (Å²) in [4.78, 5) is 13.2. The number of ether oxygens (including phenoxy) is 1. The van der Waals surface area contributed by atoms with Crippen LogP contribution in [0.5, 0.6) is 5.75 Å². The first kappa shape index (κ1) is 20.9. The van der Waals surface area contributed by atoms with E-state index in [1.165, 1.54) is 10.4 Å². The molecule has 160 valence electrons. The van der Waals surface area contributed by atoms with Gasteiger partial charge in [0.1, 0.15) is 11.4 Å². The van der Waals surface area contributed by atoms with Crippen molar-refractivity contribution in [1.29, 1.82) is 0 Å². The van der Waals surface area contributed by atoms with Crippen LogP contribution in [0.3, 0.4) is 0 Å². The van der Waals surface area contributed by atoms with Crippen LogP contribution >= 0.6 is 0 Å². The van der Waals surface area contributed by atoms with Crippen molar-refractivity contribution in [3.05, 3.63) is 59.2 Å². The van der Waals surface area contributed by atoms with E-state index < -0.39 is 15.6 Å². The summed E-state index contributed by atoms with van der Waals surface area (Å²) in [5, 5.41) is 3.09. The molecular weight excluding hydrogens is 400 g/mol. The minimum Gasteiger partial charge on any atom is -0.487 e. The Hall–Kier alpha value is -2.38. The molecule has 6 nitrogen and oxygen atoms in total. The van der Waals surface area contributed by atoms with Crippen molar-refractivity contribution in [3.8, 4) is 5.75 Å². The monoisotopic (exact) mass is 428 g/mol. The standard InChI is InChI=1S/C23H28N2O4S/c1-16-9-10-19-20(15-23(2,3)29-21(19)13-16)24-22(26)17-7-6-8-18(14-17)30(27,28)25-11-4-5-12-25/h6-10,13-14,20H,4-5,11-12,15H2,1-3H3,(H,24,26). The van der Waals surface area contributed by atoms with Gasteiger partial charge in [0.2, 0.25) is 10.0 Å². The highest BCUT2D eigenvalue weighted by molar-refractivity contribution is 7.89. The molecule has 0 radical (unpaired) electrons. The first-order valence-corrected chi connectivity index (χ1v) is 11.8. The second-order valence-corrected chi connectivity index (χ2v) is 10.7. The van der Waals surface area contributed by atoms with Crippen LogP contribution in [-0.4, -0.2) is 37.3 Å². The topological polar surface area (TPSA) is 75.7 Å². The summed E-state index contributed by atoms with van der Waals surface area (Å²) in [5.41, 5.74) is 1.96. The summed E-state index contributed by atoms with van der Waals surface area (Å²) >= 11 is 0. The molecule has 4 rings (SSSR count). The van der Waals surface area contributed by atoms with Crippen LogP contribution < -0.4 is 10.1 Å². The van der Waals surface area contributed by atoms with Crippen molar-refractivity contribution in [1.82, 2.24) is 9.62 Å². The number of hydrogen-bond donors (Lipinski definition) is 1. The lowest BCUT2D eigenvalue weighted by Gasteiger charge is -2.38. The molecule has 0 aromatic heterocycles. The summed E-state index contributed by atoms with van der Waals surface area (Å²) in [7, 11) is -3.57. The molecule has 1 atom stereocenters. The lowest BCUT2D eigenvalue weighted by Crippen LogP contribution is -2.41. The number of benzene rings is 2. The SMILES string of the molecule is Cc1ccc2c(c1)OC(C)(C)CC2NC(=O)c1cccc(S(=O)(=O)N2CCCC2)c1. The van der Waals surface area contributed by atoms with E-state index in [1.54, 1.807) is 18.2 Å². The lowest BCUT2D eigenvalue weighted by molar-refractivity contribution is 0.0619. The van der Waals surface area contributed by atoms with E-state index >= 15 is 0 Å². The summed E-state index contributed by atoms with van der Waals surface area (Å²) in [6.07, 6.45) is 2.37. The number of aryl methyl sites for hydroxylation is 1. The minimum absolute atomic E-state index is 0.167. The van der Waals surface area contributed by atoms with Crippen molar-refractivity contribution in [2.45, 2.75) is 56.6 Å². The molecule has 0 saturated carbocycles. The van der Waals surface area contributed by atoms with Crippen LogP contribution in [0, 0.1) is 6.92 Å². The largest absolute Gasteiger partial charge is 0.487 e. The molecule has 0 bridgehead atoms. The summed E-state index contributed by atoms with van der Waals surface area (Å²) in [6.45, 7) is 7.07. The van der Waals surface area contributed by atoms with Gasteiger partial charge in [0.05, 0.1) is 10.9 Å². The highest BCUT2D eigenvalue weighted by atomic mass is 32.2. The number of carbonyl (C=O) groups excluding carboxylic acids is 1. The molecule has 1 fully saturated rings. The fraction of sp³-hybridized carbons (Fsp3) is 0.435. The van der Waals surface area contributed by atoms with E-state index in [2.05, 4.69) is 5.32 Å².